The Labute approximate surface area is 140 Å². The summed E-state index contributed by atoms with van der Waals surface area (Å²) in [5.74, 6) is 0.989. The fraction of sp³-hybridized carbons (Fsp3) is 0.167. The van der Waals surface area contributed by atoms with E-state index in [9.17, 15) is 9.36 Å². The zero-order valence-corrected chi connectivity index (χ0v) is 13.9. The maximum Gasteiger partial charge on any atom is 0.646 e. The second-order valence-corrected chi connectivity index (χ2v) is 6.72. The van der Waals surface area contributed by atoms with E-state index in [1.165, 1.54) is 6.08 Å². The van der Waals surface area contributed by atoms with E-state index in [0.717, 1.165) is 0 Å². The summed E-state index contributed by atoms with van der Waals surface area (Å²) in [5, 5.41) is 0. The van der Waals surface area contributed by atoms with Crippen molar-refractivity contribution in [2.45, 2.75) is 19.3 Å². The number of phosphoric acid groups is 1. The number of carbonyl (C=O) groups excluding carboxylic acids is 1. The largest absolute Gasteiger partial charge is 0.646 e. The SMILES string of the molecule is O=C1C=C(OP(=O)(Oc2ccccc2)Oc2ccccc2)CCC1. The number of hydrogen-bond donors (Lipinski definition) is 0. The van der Waals surface area contributed by atoms with Crippen molar-refractivity contribution in [2.75, 3.05) is 0 Å². The van der Waals surface area contributed by atoms with Gasteiger partial charge in [0.05, 0.1) is 0 Å². The Morgan fingerprint density at radius 3 is 1.79 bits per heavy atom. The zero-order chi connectivity index (χ0) is 16.8. The van der Waals surface area contributed by atoms with E-state index < -0.39 is 7.82 Å². The molecule has 1 aliphatic rings. The second kappa shape index (κ2) is 7.37. The zero-order valence-electron chi connectivity index (χ0n) is 13.0. The molecule has 2 aromatic rings. The molecule has 0 radical (unpaired) electrons. The quantitative estimate of drug-likeness (QED) is 0.697. The maximum absolute atomic E-state index is 13.1. The first-order valence-electron chi connectivity index (χ1n) is 7.65. The highest BCUT2D eigenvalue weighted by atomic mass is 31.2. The van der Waals surface area contributed by atoms with Crippen LogP contribution in [0.4, 0.5) is 0 Å². The van der Waals surface area contributed by atoms with Gasteiger partial charge in [0.25, 0.3) is 0 Å². The van der Waals surface area contributed by atoms with Crippen LogP contribution < -0.4 is 9.05 Å². The van der Waals surface area contributed by atoms with Gasteiger partial charge in [-0.15, -0.1) is 0 Å². The van der Waals surface area contributed by atoms with Crippen LogP contribution >= 0.6 is 7.82 Å². The molecule has 0 amide bonds. The third kappa shape index (κ3) is 4.49. The number of benzene rings is 2. The number of carbonyl (C=O) groups is 1. The summed E-state index contributed by atoms with van der Waals surface area (Å²) in [6.45, 7) is 0. The Balaban J connectivity index is 1.85. The van der Waals surface area contributed by atoms with Crippen molar-refractivity contribution >= 4 is 13.6 Å². The van der Waals surface area contributed by atoms with Gasteiger partial charge in [-0.05, 0) is 30.7 Å². The van der Waals surface area contributed by atoms with Gasteiger partial charge in [-0.1, -0.05) is 36.4 Å². The highest BCUT2D eigenvalue weighted by Gasteiger charge is 2.34. The second-order valence-electron chi connectivity index (χ2n) is 5.28. The van der Waals surface area contributed by atoms with E-state index in [2.05, 4.69) is 0 Å². The van der Waals surface area contributed by atoms with Crippen molar-refractivity contribution in [3.63, 3.8) is 0 Å². The van der Waals surface area contributed by atoms with Crippen LogP contribution in [0.15, 0.2) is 72.5 Å². The molecule has 0 fully saturated rings. The first-order chi connectivity index (χ1) is 11.6. The lowest BCUT2D eigenvalue weighted by Crippen LogP contribution is -2.09. The molecule has 0 N–H and O–H groups in total. The Hall–Kier alpha value is -2.52. The van der Waals surface area contributed by atoms with E-state index in [4.69, 9.17) is 13.6 Å². The molecular weight excluding hydrogens is 327 g/mol. The van der Waals surface area contributed by atoms with Crippen LogP contribution in [0.3, 0.4) is 0 Å². The average Bonchev–Trinajstić information content (AvgIpc) is 2.56. The molecule has 0 atom stereocenters. The van der Waals surface area contributed by atoms with Gasteiger partial charge < -0.3 is 13.6 Å². The van der Waals surface area contributed by atoms with Gasteiger partial charge in [0.1, 0.15) is 17.3 Å². The lowest BCUT2D eigenvalue weighted by Gasteiger charge is -2.21. The van der Waals surface area contributed by atoms with Crippen LogP contribution in [0.5, 0.6) is 11.5 Å². The molecule has 124 valence electrons. The first-order valence-corrected chi connectivity index (χ1v) is 9.11. The third-order valence-corrected chi connectivity index (χ3v) is 4.65. The minimum absolute atomic E-state index is 0.0535. The lowest BCUT2D eigenvalue weighted by atomic mass is 10.1. The molecule has 1 aliphatic carbocycles. The molecule has 0 heterocycles. The molecule has 0 spiro atoms. The molecule has 0 aromatic heterocycles. The van der Waals surface area contributed by atoms with Crippen molar-refractivity contribution in [3.05, 3.63) is 72.5 Å². The number of rotatable bonds is 6. The van der Waals surface area contributed by atoms with Crippen LogP contribution in [0.1, 0.15) is 19.3 Å². The Bertz CT molecular complexity index is 725. The molecule has 0 unspecified atom stereocenters. The van der Waals surface area contributed by atoms with Crippen LogP contribution in [-0.4, -0.2) is 5.78 Å². The molecule has 6 heteroatoms. The number of para-hydroxylation sites is 2. The van der Waals surface area contributed by atoms with Crippen LogP contribution in [0, 0.1) is 0 Å². The predicted octanol–water partition coefficient (Wildman–Crippen LogP) is 4.91. The minimum atomic E-state index is -3.98. The van der Waals surface area contributed by atoms with Crippen molar-refractivity contribution in [2.24, 2.45) is 0 Å². The summed E-state index contributed by atoms with van der Waals surface area (Å²) in [4.78, 5) is 11.5. The first kappa shape index (κ1) is 16.3. The Kier molecular flexibility index (Phi) is 5.02. The van der Waals surface area contributed by atoms with E-state index in [-0.39, 0.29) is 5.78 Å². The van der Waals surface area contributed by atoms with E-state index >= 15 is 0 Å². The number of hydrogen-bond acceptors (Lipinski definition) is 5. The van der Waals surface area contributed by atoms with Gasteiger partial charge in [-0.25, -0.2) is 0 Å². The van der Waals surface area contributed by atoms with Gasteiger partial charge in [0.15, 0.2) is 5.78 Å². The standard InChI is InChI=1S/C18H17O5P/c19-15-8-7-13-18(14-15)23-24(20,21-16-9-3-1-4-10-16)22-17-11-5-2-6-12-17/h1-6,9-12,14H,7-8,13H2. The topological polar surface area (TPSA) is 61.8 Å². The Morgan fingerprint density at radius 2 is 1.29 bits per heavy atom. The van der Waals surface area contributed by atoms with E-state index in [0.29, 0.717) is 36.5 Å². The average molecular weight is 344 g/mol. The summed E-state index contributed by atoms with van der Waals surface area (Å²) in [7, 11) is -3.98. The highest BCUT2D eigenvalue weighted by molar-refractivity contribution is 7.49. The summed E-state index contributed by atoms with van der Waals surface area (Å²) < 4.78 is 29.6. The van der Waals surface area contributed by atoms with Gasteiger partial charge in [0.2, 0.25) is 0 Å². The molecule has 0 aliphatic heterocycles. The molecule has 3 rings (SSSR count). The molecule has 5 nitrogen and oxygen atoms in total. The highest BCUT2D eigenvalue weighted by Crippen LogP contribution is 2.52. The van der Waals surface area contributed by atoms with Crippen molar-refractivity contribution in [1.29, 1.82) is 0 Å². The van der Waals surface area contributed by atoms with E-state index in [1.807, 2.05) is 12.1 Å². The third-order valence-electron chi connectivity index (χ3n) is 3.32. The number of allylic oxidation sites excluding steroid dienone is 2. The van der Waals surface area contributed by atoms with Gasteiger partial charge in [0, 0.05) is 18.9 Å². The van der Waals surface area contributed by atoms with Crippen molar-refractivity contribution in [3.8, 4) is 11.5 Å². The minimum Gasteiger partial charge on any atom is -0.390 e. The molecular formula is C18H17O5P. The maximum atomic E-state index is 13.1. The molecule has 0 saturated heterocycles. The Morgan fingerprint density at radius 1 is 0.750 bits per heavy atom. The monoisotopic (exact) mass is 344 g/mol. The van der Waals surface area contributed by atoms with Crippen LogP contribution in [-0.2, 0) is 13.9 Å². The number of phosphoric ester groups is 1. The summed E-state index contributed by atoms with van der Waals surface area (Å²) >= 11 is 0. The number of ketones is 1. The normalized spacial score (nSPS) is 14.7. The predicted molar refractivity (Wildman–Crippen MR) is 89.8 cm³/mol. The van der Waals surface area contributed by atoms with E-state index in [1.54, 1.807) is 48.5 Å². The summed E-state index contributed by atoms with van der Waals surface area (Å²) in [6.07, 6.45) is 3.00. The molecule has 0 bridgehead atoms. The summed E-state index contributed by atoms with van der Waals surface area (Å²) in [6, 6.07) is 17.3. The van der Waals surface area contributed by atoms with Gasteiger partial charge >= 0.3 is 7.82 Å². The molecule has 0 saturated carbocycles. The molecule has 2 aromatic carbocycles. The fourth-order valence-corrected chi connectivity index (χ4v) is 3.56. The molecule has 24 heavy (non-hydrogen) atoms. The van der Waals surface area contributed by atoms with Gasteiger partial charge in [-0.2, -0.15) is 4.57 Å². The van der Waals surface area contributed by atoms with Crippen molar-refractivity contribution in [1.82, 2.24) is 0 Å². The smallest absolute Gasteiger partial charge is 0.390 e. The van der Waals surface area contributed by atoms with Crippen molar-refractivity contribution < 1.29 is 22.9 Å². The fourth-order valence-electron chi connectivity index (χ4n) is 2.25. The van der Waals surface area contributed by atoms with Crippen LogP contribution in [0.25, 0.3) is 0 Å². The summed E-state index contributed by atoms with van der Waals surface area (Å²) in [5.41, 5.74) is 0. The lowest BCUT2D eigenvalue weighted by molar-refractivity contribution is -0.115. The van der Waals surface area contributed by atoms with Gasteiger partial charge in [-0.3, -0.25) is 4.79 Å². The van der Waals surface area contributed by atoms with Crippen LogP contribution in [0.2, 0.25) is 0 Å².